The summed E-state index contributed by atoms with van der Waals surface area (Å²) in [6, 6.07) is 5.67. The van der Waals surface area contributed by atoms with Crippen LogP contribution in [0.4, 0.5) is 0 Å². The Bertz CT molecular complexity index is 675. The van der Waals surface area contributed by atoms with E-state index in [0.717, 1.165) is 37.0 Å². The van der Waals surface area contributed by atoms with Crippen molar-refractivity contribution in [3.8, 4) is 11.5 Å². The summed E-state index contributed by atoms with van der Waals surface area (Å²) in [4.78, 5) is 24.4. The fraction of sp³-hybridized carbons (Fsp3) is 0.556. The normalized spacial score (nSPS) is 28.0. The van der Waals surface area contributed by atoms with Crippen molar-refractivity contribution in [2.24, 2.45) is 0 Å². The number of benzene rings is 1. The highest BCUT2D eigenvalue weighted by Gasteiger charge is 2.48. The Labute approximate surface area is 140 Å². The molecule has 0 spiro atoms. The number of nitrogens with one attached hydrogen (secondary N) is 2. The highest BCUT2D eigenvalue weighted by Crippen LogP contribution is 2.36. The maximum atomic E-state index is 12.6. The quantitative estimate of drug-likeness (QED) is 0.876. The molecule has 1 saturated carbocycles. The molecule has 2 fully saturated rings. The van der Waals surface area contributed by atoms with Gasteiger partial charge in [0, 0.05) is 0 Å². The van der Waals surface area contributed by atoms with Gasteiger partial charge in [-0.2, -0.15) is 0 Å². The van der Waals surface area contributed by atoms with Gasteiger partial charge in [0.1, 0.15) is 13.2 Å². The van der Waals surface area contributed by atoms with Gasteiger partial charge < -0.3 is 20.1 Å². The zero-order chi connectivity index (χ0) is 16.6. The van der Waals surface area contributed by atoms with Crippen molar-refractivity contribution in [3.05, 3.63) is 23.8 Å². The summed E-state index contributed by atoms with van der Waals surface area (Å²) in [6.45, 7) is 1.08. The third-order valence-corrected chi connectivity index (χ3v) is 5.20. The van der Waals surface area contributed by atoms with E-state index < -0.39 is 5.54 Å². The fourth-order valence-electron chi connectivity index (χ4n) is 4.09. The van der Waals surface area contributed by atoms with Gasteiger partial charge in [-0.05, 0) is 30.5 Å². The van der Waals surface area contributed by atoms with Crippen LogP contribution >= 0.6 is 0 Å². The van der Waals surface area contributed by atoms with E-state index in [1.54, 1.807) is 0 Å². The molecule has 2 aliphatic heterocycles. The summed E-state index contributed by atoms with van der Waals surface area (Å²) in [5.41, 5.74) is 0.484. The Morgan fingerprint density at radius 3 is 2.96 bits per heavy atom. The monoisotopic (exact) mass is 330 g/mol. The highest BCUT2D eigenvalue weighted by atomic mass is 16.6. The standard InChI is InChI=1S/C18H22N2O4/c21-16(10-12-4-5-13-14(9-12)24-8-7-23-13)20-18-6-2-1-3-15(18)19-17(22)11-18/h4-5,9,15H,1-3,6-8,10-11H2,(H,19,22)(H,20,21)/t15-,18+/m0/s1. The molecule has 2 heterocycles. The Kier molecular flexibility index (Phi) is 3.82. The lowest BCUT2D eigenvalue weighted by atomic mass is 9.77. The molecule has 4 rings (SSSR count). The molecule has 0 aromatic heterocycles. The second-order valence-electron chi connectivity index (χ2n) is 6.90. The number of ether oxygens (including phenoxy) is 2. The number of carbonyl (C=O) groups excluding carboxylic acids is 2. The summed E-state index contributed by atoms with van der Waals surface area (Å²) in [7, 11) is 0. The van der Waals surface area contributed by atoms with E-state index in [2.05, 4.69) is 10.6 Å². The third kappa shape index (κ3) is 2.81. The topological polar surface area (TPSA) is 76.7 Å². The van der Waals surface area contributed by atoms with Gasteiger partial charge in [-0.3, -0.25) is 9.59 Å². The minimum Gasteiger partial charge on any atom is -0.486 e. The molecule has 0 unspecified atom stereocenters. The summed E-state index contributed by atoms with van der Waals surface area (Å²) >= 11 is 0. The van der Waals surface area contributed by atoms with E-state index in [1.807, 2.05) is 18.2 Å². The minimum absolute atomic E-state index is 0.0431. The zero-order valence-corrected chi connectivity index (χ0v) is 13.6. The van der Waals surface area contributed by atoms with Crippen LogP contribution in [0.3, 0.4) is 0 Å². The van der Waals surface area contributed by atoms with Gasteiger partial charge >= 0.3 is 0 Å². The lowest BCUT2D eigenvalue weighted by Crippen LogP contribution is -2.57. The van der Waals surface area contributed by atoms with Crippen molar-refractivity contribution < 1.29 is 19.1 Å². The maximum Gasteiger partial charge on any atom is 0.224 e. The molecular formula is C18H22N2O4. The van der Waals surface area contributed by atoms with Crippen molar-refractivity contribution in [2.45, 2.75) is 50.1 Å². The first kappa shape index (κ1) is 15.3. The van der Waals surface area contributed by atoms with Gasteiger partial charge in [0.25, 0.3) is 0 Å². The molecule has 2 amide bonds. The first-order valence-electron chi connectivity index (χ1n) is 8.64. The van der Waals surface area contributed by atoms with Crippen LogP contribution in [-0.2, 0) is 16.0 Å². The zero-order valence-electron chi connectivity index (χ0n) is 13.6. The molecule has 128 valence electrons. The van der Waals surface area contributed by atoms with Crippen molar-refractivity contribution in [1.29, 1.82) is 0 Å². The average Bonchev–Trinajstić information content (AvgIpc) is 2.89. The number of rotatable bonds is 3. The predicted octanol–water partition coefficient (Wildman–Crippen LogP) is 1.32. The van der Waals surface area contributed by atoms with Crippen molar-refractivity contribution in [1.82, 2.24) is 10.6 Å². The van der Waals surface area contributed by atoms with Gasteiger partial charge in [0.15, 0.2) is 11.5 Å². The van der Waals surface area contributed by atoms with Crippen LogP contribution in [0.1, 0.15) is 37.7 Å². The molecule has 0 bridgehead atoms. The first-order valence-corrected chi connectivity index (χ1v) is 8.64. The summed E-state index contributed by atoms with van der Waals surface area (Å²) in [6.07, 6.45) is 4.63. The Balaban J connectivity index is 1.45. The van der Waals surface area contributed by atoms with E-state index in [-0.39, 0.29) is 24.3 Å². The molecule has 1 saturated heterocycles. The largest absolute Gasteiger partial charge is 0.486 e. The highest BCUT2D eigenvalue weighted by molar-refractivity contribution is 5.85. The van der Waals surface area contributed by atoms with Gasteiger partial charge in [-0.1, -0.05) is 18.9 Å². The summed E-state index contributed by atoms with van der Waals surface area (Å²) < 4.78 is 11.1. The Hall–Kier alpha value is -2.24. The first-order chi connectivity index (χ1) is 11.6. The molecule has 3 aliphatic rings. The van der Waals surface area contributed by atoms with E-state index >= 15 is 0 Å². The fourth-order valence-corrected chi connectivity index (χ4v) is 4.09. The van der Waals surface area contributed by atoms with Gasteiger partial charge in [0.2, 0.25) is 11.8 Å². The smallest absolute Gasteiger partial charge is 0.224 e. The van der Waals surface area contributed by atoms with E-state index in [4.69, 9.17) is 9.47 Å². The van der Waals surface area contributed by atoms with Crippen LogP contribution in [-0.4, -0.2) is 36.6 Å². The van der Waals surface area contributed by atoms with Crippen LogP contribution in [0.25, 0.3) is 0 Å². The van der Waals surface area contributed by atoms with E-state index in [9.17, 15) is 9.59 Å². The molecule has 1 aliphatic carbocycles. The molecule has 2 atom stereocenters. The van der Waals surface area contributed by atoms with Gasteiger partial charge in [0.05, 0.1) is 24.4 Å². The Morgan fingerprint density at radius 2 is 2.08 bits per heavy atom. The number of hydrogen-bond acceptors (Lipinski definition) is 4. The van der Waals surface area contributed by atoms with E-state index in [1.165, 1.54) is 0 Å². The molecule has 1 aromatic carbocycles. The molecule has 6 heteroatoms. The van der Waals surface area contributed by atoms with Crippen LogP contribution in [0.15, 0.2) is 18.2 Å². The maximum absolute atomic E-state index is 12.6. The van der Waals surface area contributed by atoms with Crippen LogP contribution in [0.2, 0.25) is 0 Å². The molecule has 6 nitrogen and oxygen atoms in total. The molecule has 24 heavy (non-hydrogen) atoms. The third-order valence-electron chi connectivity index (χ3n) is 5.20. The molecular weight excluding hydrogens is 308 g/mol. The van der Waals surface area contributed by atoms with E-state index in [0.29, 0.717) is 25.4 Å². The average molecular weight is 330 g/mol. The second kappa shape index (κ2) is 6.00. The summed E-state index contributed by atoms with van der Waals surface area (Å²) in [5, 5.41) is 6.18. The van der Waals surface area contributed by atoms with Crippen LogP contribution < -0.4 is 20.1 Å². The number of carbonyl (C=O) groups is 2. The van der Waals surface area contributed by atoms with Crippen molar-refractivity contribution in [2.75, 3.05) is 13.2 Å². The Morgan fingerprint density at radius 1 is 1.25 bits per heavy atom. The lowest BCUT2D eigenvalue weighted by molar-refractivity contribution is -0.123. The molecule has 0 radical (unpaired) electrons. The van der Waals surface area contributed by atoms with Crippen LogP contribution in [0, 0.1) is 0 Å². The predicted molar refractivity (Wildman–Crippen MR) is 87.0 cm³/mol. The molecule has 1 aromatic rings. The van der Waals surface area contributed by atoms with Crippen LogP contribution in [0.5, 0.6) is 11.5 Å². The molecule has 2 N–H and O–H groups in total. The SMILES string of the molecule is O=C1C[C@]2(NC(=O)Cc3ccc4c(c3)OCCO4)CCCC[C@@H]2N1. The van der Waals surface area contributed by atoms with Gasteiger partial charge in [-0.15, -0.1) is 0 Å². The lowest BCUT2D eigenvalue weighted by Gasteiger charge is -2.38. The number of amides is 2. The second-order valence-corrected chi connectivity index (χ2v) is 6.90. The number of fused-ring (bicyclic) bond motifs is 2. The van der Waals surface area contributed by atoms with Crippen molar-refractivity contribution >= 4 is 11.8 Å². The summed E-state index contributed by atoms with van der Waals surface area (Å²) in [5.74, 6) is 1.41. The minimum atomic E-state index is -0.403. The van der Waals surface area contributed by atoms with Crippen molar-refractivity contribution in [3.63, 3.8) is 0 Å². The van der Waals surface area contributed by atoms with Gasteiger partial charge in [-0.25, -0.2) is 0 Å². The number of hydrogen-bond donors (Lipinski definition) is 2.